The molecule has 0 bridgehead atoms. The van der Waals surface area contributed by atoms with E-state index in [1.807, 2.05) is 13.0 Å². The topological polar surface area (TPSA) is 46.5 Å². The van der Waals surface area contributed by atoms with E-state index in [1.165, 1.54) is 51.4 Å². The number of hydrogen-bond donors (Lipinski definition) is 1. The minimum atomic E-state index is -0.243. The third-order valence-corrected chi connectivity index (χ3v) is 4.25. The Balaban J connectivity index is 3.16. The van der Waals surface area contributed by atoms with E-state index in [2.05, 4.69) is 13.0 Å². The van der Waals surface area contributed by atoms with E-state index in [4.69, 9.17) is 4.74 Å². The van der Waals surface area contributed by atoms with Crippen molar-refractivity contribution in [1.82, 2.24) is 0 Å². The van der Waals surface area contributed by atoms with E-state index in [9.17, 15) is 9.90 Å². The lowest BCUT2D eigenvalue weighted by Gasteiger charge is -2.03. The molecule has 142 valence electrons. The molecule has 0 aromatic heterocycles. The van der Waals surface area contributed by atoms with Gasteiger partial charge in [0.15, 0.2) is 0 Å². The van der Waals surface area contributed by atoms with Gasteiger partial charge in [0.2, 0.25) is 0 Å². The Bertz CT molecular complexity index is 299. The van der Waals surface area contributed by atoms with Gasteiger partial charge in [0.05, 0.1) is 12.7 Å². The molecule has 1 atom stereocenters. The monoisotopic (exact) mass is 340 g/mol. The first kappa shape index (κ1) is 23.2. The molecule has 0 aromatic rings. The minimum Gasteiger partial charge on any atom is -0.466 e. The number of hydrogen-bond acceptors (Lipinski definition) is 3. The Labute approximate surface area is 149 Å². The quantitative estimate of drug-likeness (QED) is 0.202. The van der Waals surface area contributed by atoms with Crippen molar-refractivity contribution in [2.24, 2.45) is 0 Å². The zero-order chi connectivity index (χ0) is 17.9. The van der Waals surface area contributed by atoms with E-state index < -0.39 is 0 Å². The molecular formula is C21H40O3. The number of aliphatic hydroxyl groups is 1. The highest BCUT2D eigenvalue weighted by molar-refractivity contribution is 5.69. The lowest BCUT2D eigenvalue weighted by Crippen LogP contribution is -2.03. The molecule has 0 heterocycles. The van der Waals surface area contributed by atoms with Crippen LogP contribution in [-0.2, 0) is 9.53 Å². The molecule has 0 rings (SSSR count). The fourth-order valence-corrected chi connectivity index (χ4v) is 2.82. The van der Waals surface area contributed by atoms with Gasteiger partial charge in [-0.1, -0.05) is 76.9 Å². The van der Waals surface area contributed by atoms with Crippen molar-refractivity contribution in [2.45, 2.75) is 110 Å². The van der Waals surface area contributed by atoms with Gasteiger partial charge in [-0.15, -0.1) is 0 Å². The van der Waals surface area contributed by atoms with Crippen LogP contribution in [0.4, 0.5) is 0 Å². The van der Waals surface area contributed by atoms with Gasteiger partial charge >= 0.3 is 5.97 Å². The van der Waals surface area contributed by atoms with Crippen LogP contribution < -0.4 is 0 Å². The molecule has 0 aliphatic heterocycles. The number of esters is 1. The second-order valence-electron chi connectivity index (χ2n) is 6.66. The third kappa shape index (κ3) is 17.5. The predicted octanol–water partition coefficient (Wildman–Crippen LogP) is 5.95. The SMILES string of the molecule is CCC[C@H](O)/C=C\CCCCCCCCCCCCC(=O)OCC. The maximum Gasteiger partial charge on any atom is 0.305 e. The van der Waals surface area contributed by atoms with Gasteiger partial charge in [0.25, 0.3) is 0 Å². The van der Waals surface area contributed by atoms with Crippen LogP contribution in [0.2, 0.25) is 0 Å². The summed E-state index contributed by atoms with van der Waals surface area (Å²) in [7, 11) is 0. The van der Waals surface area contributed by atoms with E-state index in [1.54, 1.807) is 0 Å². The fourth-order valence-electron chi connectivity index (χ4n) is 2.82. The molecule has 1 N–H and O–H groups in total. The van der Waals surface area contributed by atoms with Crippen LogP contribution in [0.1, 0.15) is 104 Å². The Morgan fingerprint density at radius 3 is 2.00 bits per heavy atom. The summed E-state index contributed by atoms with van der Waals surface area (Å²) in [6, 6.07) is 0. The number of aliphatic hydroxyl groups excluding tert-OH is 1. The smallest absolute Gasteiger partial charge is 0.305 e. The highest BCUT2D eigenvalue weighted by Crippen LogP contribution is 2.12. The molecule has 0 fully saturated rings. The molecule has 24 heavy (non-hydrogen) atoms. The van der Waals surface area contributed by atoms with Crippen LogP contribution in [0.3, 0.4) is 0 Å². The van der Waals surface area contributed by atoms with E-state index >= 15 is 0 Å². The number of carbonyl (C=O) groups is 1. The Kier molecular flexibility index (Phi) is 17.9. The zero-order valence-electron chi connectivity index (χ0n) is 16.1. The number of unbranched alkanes of at least 4 members (excludes halogenated alkanes) is 10. The standard InChI is InChI=1S/C21H40O3/c1-3-17-20(22)18-15-13-11-9-7-5-6-8-10-12-14-16-19-21(23)24-4-2/h15,18,20,22H,3-14,16-17,19H2,1-2H3/b18-15-/t20-/m0/s1. The van der Waals surface area contributed by atoms with Crippen LogP contribution >= 0.6 is 0 Å². The van der Waals surface area contributed by atoms with E-state index in [-0.39, 0.29) is 12.1 Å². The van der Waals surface area contributed by atoms with Crippen LogP contribution in [0, 0.1) is 0 Å². The minimum absolute atomic E-state index is 0.0489. The molecule has 0 saturated heterocycles. The predicted molar refractivity (Wildman–Crippen MR) is 102 cm³/mol. The summed E-state index contributed by atoms with van der Waals surface area (Å²) in [6.07, 6.45) is 19.9. The van der Waals surface area contributed by atoms with E-state index in [0.29, 0.717) is 13.0 Å². The molecule has 3 nitrogen and oxygen atoms in total. The Hall–Kier alpha value is -0.830. The normalized spacial score (nSPS) is 12.6. The van der Waals surface area contributed by atoms with Crippen molar-refractivity contribution in [1.29, 1.82) is 0 Å². The van der Waals surface area contributed by atoms with Crippen LogP contribution in [0.5, 0.6) is 0 Å². The molecule has 0 spiro atoms. The lowest BCUT2D eigenvalue weighted by atomic mass is 10.0. The van der Waals surface area contributed by atoms with Crippen molar-refractivity contribution in [3.8, 4) is 0 Å². The van der Waals surface area contributed by atoms with Gasteiger partial charge in [-0.3, -0.25) is 4.79 Å². The third-order valence-electron chi connectivity index (χ3n) is 4.25. The molecular weight excluding hydrogens is 300 g/mol. The van der Waals surface area contributed by atoms with Crippen LogP contribution in [0.15, 0.2) is 12.2 Å². The van der Waals surface area contributed by atoms with Crippen molar-refractivity contribution in [2.75, 3.05) is 6.61 Å². The van der Waals surface area contributed by atoms with Crippen LogP contribution in [-0.4, -0.2) is 23.8 Å². The Morgan fingerprint density at radius 2 is 1.46 bits per heavy atom. The molecule has 0 amide bonds. The van der Waals surface area contributed by atoms with Crippen molar-refractivity contribution >= 4 is 5.97 Å². The van der Waals surface area contributed by atoms with Crippen molar-refractivity contribution in [3.05, 3.63) is 12.2 Å². The van der Waals surface area contributed by atoms with Gasteiger partial charge in [0, 0.05) is 6.42 Å². The van der Waals surface area contributed by atoms with Gasteiger partial charge < -0.3 is 9.84 Å². The number of carbonyl (C=O) groups excluding carboxylic acids is 1. The molecule has 0 saturated carbocycles. The summed E-state index contributed by atoms with van der Waals surface area (Å²) in [5, 5.41) is 9.57. The molecule has 3 heteroatoms. The number of ether oxygens (including phenoxy) is 1. The molecule has 0 radical (unpaired) electrons. The average molecular weight is 341 g/mol. The first-order valence-electron chi connectivity index (χ1n) is 10.2. The summed E-state index contributed by atoms with van der Waals surface area (Å²) in [6.45, 7) is 4.45. The summed E-state index contributed by atoms with van der Waals surface area (Å²) in [5.74, 6) is -0.0489. The van der Waals surface area contributed by atoms with Gasteiger partial charge in [-0.05, 0) is 32.6 Å². The van der Waals surface area contributed by atoms with Crippen molar-refractivity contribution in [3.63, 3.8) is 0 Å². The van der Waals surface area contributed by atoms with E-state index in [0.717, 1.165) is 32.1 Å². The summed E-state index contributed by atoms with van der Waals surface area (Å²) in [4.78, 5) is 11.2. The molecule has 0 aliphatic rings. The number of rotatable bonds is 17. The molecule has 0 unspecified atom stereocenters. The largest absolute Gasteiger partial charge is 0.466 e. The first-order valence-corrected chi connectivity index (χ1v) is 10.2. The Morgan fingerprint density at radius 1 is 0.917 bits per heavy atom. The molecule has 0 aliphatic carbocycles. The average Bonchev–Trinajstić information content (AvgIpc) is 2.55. The molecule has 0 aromatic carbocycles. The van der Waals surface area contributed by atoms with Gasteiger partial charge in [-0.25, -0.2) is 0 Å². The zero-order valence-corrected chi connectivity index (χ0v) is 16.1. The fraction of sp³-hybridized carbons (Fsp3) is 0.857. The van der Waals surface area contributed by atoms with Crippen molar-refractivity contribution < 1.29 is 14.6 Å². The summed E-state index contributed by atoms with van der Waals surface area (Å²) >= 11 is 0. The maximum absolute atomic E-state index is 11.2. The number of allylic oxidation sites excluding steroid dienone is 1. The second-order valence-corrected chi connectivity index (χ2v) is 6.66. The highest BCUT2D eigenvalue weighted by Gasteiger charge is 2.00. The second kappa shape index (κ2) is 18.5. The summed E-state index contributed by atoms with van der Waals surface area (Å²) < 4.78 is 4.92. The van der Waals surface area contributed by atoms with Gasteiger partial charge in [0.1, 0.15) is 0 Å². The van der Waals surface area contributed by atoms with Crippen LogP contribution in [0.25, 0.3) is 0 Å². The van der Waals surface area contributed by atoms with Gasteiger partial charge in [-0.2, -0.15) is 0 Å². The summed E-state index contributed by atoms with van der Waals surface area (Å²) in [5.41, 5.74) is 0. The highest BCUT2D eigenvalue weighted by atomic mass is 16.5. The first-order chi connectivity index (χ1) is 11.7. The maximum atomic E-state index is 11.2. The lowest BCUT2D eigenvalue weighted by molar-refractivity contribution is -0.143.